The second-order valence-corrected chi connectivity index (χ2v) is 9.68. The molecular weight excluding hydrogens is 224 g/mol. The van der Waals surface area contributed by atoms with Crippen LogP contribution in [0, 0.1) is 13.8 Å². The summed E-state index contributed by atoms with van der Waals surface area (Å²) in [4.78, 5) is 0. The molecule has 0 aliphatic carbocycles. The predicted octanol–water partition coefficient (Wildman–Crippen LogP) is 4.83. The van der Waals surface area contributed by atoms with Gasteiger partial charge in [0.1, 0.15) is 0 Å². The van der Waals surface area contributed by atoms with Crippen molar-refractivity contribution in [2.75, 3.05) is 0 Å². The Morgan fingerprint density at radius 1 is 0.941 bits per heavy atom. The van der Waals surface area contributed by atoms with E-state index in [0.29, 0.717) is 0 Å². The first-order chi connectivity index (χ1) is 8.08. The van der Waals surface area contributed by atoms with E-state index in [9.17, 15) is 0 Å². The van der Waals surface area contributed by atoms with Crippen LogP contribution in [-0.4, -0.2) is 8.32 Å². The summed E-state index contributed by atoms with van der Waals surface area (Å²) in [5.74, 6) is 0. The zero-order valence-corrected chi connectivity index (χ0v) is 13.0. The Hall–Kier alpha value is -0.603. The van der Waals surface area contributed by atoms with Crippen molar-refractivity contribution in [1.29, 1.82) is 0 Å². The Balaban J connectivity index is 2.79. The predicted molar refractivity (Wildman–Crippen MR) is 77.9 cm³/mol. The summed E-state index contributed by atoms with van der Waals surface area (Å²) in [7, 11) is -1.45. The summed E-state index contributed by atoms with van der Waals surface area (Å²) in [6, 6.07) is 10.2. The van der Waals surface area contributed by atoms with E-state index in [1.165, 1.54) is 34.8 Å². The topological polar surface area (TPSA) is 9.23 Å². The second kappa shape index (κ2) is 6.36. The van der Waals surface area contributed by atoms with Crippen LogP contribution in [0.1, 0.15) is 37.5 Å². The third kappa shape index (κ3) is 3.43. The lowest BCUT2D eigenvalue weighted by Gasteiger charge is -2.28. The van der Waals surface area contributed by atoms with Crippen molar-refractivity contribution in [2.24, 2.45) is 0 Å². The SMILES string of the molecule is CC[Si](CC)(CC)OCc1c(C)cccc1C. The van der Waals surface area contributed by atoms with Crippen LogP contribution >= 0.6 is 0 Å². The lowest BCUT2D eigenvalue weighted by Crippen LogP contribution is -2.35. The maximum atomic E-state index is 6.36. The molecule has 0 radical (unpaired) electrons. The maximum Gasteiger partial charge on any atom is 0.192 e. The van der Waals surface area contributed by atoms with Crippen LogP contribution in [0.3, 0.4) is 0 Å². The number of aryl methyl sites for hydroxylation is 2. The molecule has 0 atom stereocenters. The molecule has 0 aliphatic rings. The summed E-state index contributed by atoms with van der Waals surface area (Å²) < 4.78 is 6.36. The minimum absolute atomic E-state index is 0.806. The normalized spacial score (nSPS) is 11.8. The summed E-state index contributed by atoms with van der Waals surface area (Å²) in [6.07, 6.45) is 0. The van der Waals surface area contributed by atoms with Gasteiger partial charge in [-0.1, -0.05) is 39.0 Å². The van der Waals surface area contributed by atoms with Crippen LogP contribution in [-0.2, 0) is 11.0 Å². The summed E-state index contributed by atoms with van der Waals surface area (Å²) in [6.45, 7) is 12.0. The van der Waals surface area contributed by atoms with Crippen molar-refractivity contribution in [3.63, 3.8) is 0 Å². The van der Waals surface area contributed by atoms with Crippen LogP contribution < -0.4 is 0 Å². The zero-order chi connectivity index (χ0) is 12.9. The standard InChI is InChI=1S/C15H26OSi/c1-6-17(7-2,8-3)16-12-15-13(4)10-9-11-14(15)5/h9-11H,6-8,12H2,1-5H3. The molecule has 0 saturated heterocycles. The Kier molecular flexibility index (Phi) is 5.41. The largest absolute Gasteiger partial charge is 0.413 e. The van der Waals surface area contributed by atoms with Crippen molar-refractivity contribution < 1.29 is 4.43 Å². The summed E-state index contributed by atoms with van der Waals surface area (Å²) in [5, 5.41) is 0. The average molecular weight is 250 g/mol. The molecule has 0 saturated carbocycles. The van der Waals surface area contributed by atoms with E-state index >= 15 is 0 Å². The minimum Gasteiger partial charge on any atom is -0.413 e. The minimum atomic E-state index is -1.45. The van der Waals surface area contributed by atoms with Gasteiger partial charge in [0.25, 0.3) is 0 Å². The first kappa shape index (κ1) is 14.5. The van der Waals surface area contributed by atoms with E-state index in [0.717, 1.165) is 6.61 Å². The number of benzene rings is 1. The Morgan fingerprint density at radius 3 is 1.82 bits per heavy atom. The van der Waals surface area contributed by atoms with E-state index < -0.39 is 8.32 Å². The van der Waals surface area contributed by atoms with Gasteiger partial charge in [-0.25, -0.2) is 0 Å². The summed E-state index contributed by atoms with van der Waals surface area (Å²) >= 11 is 0. The van der Waals surface area contributed by atoms with E-state index in [-0.39, 0.29) is 0 Å². The van der Waals surface area contributed by atoms with E-state index in [1.807, 2.05) is 0 Å². The number of hydrogen-bond acceptors (Lipinski definition) is 1. The average Bonchev–Trinajstić information content (AvgIpc) is 2.34. The molecule has 1 rings (SSSR count). The highest BCUT2D eigenvalue weighted by atomic mass is 28.4. The summed E-state index contributed by atoms with van der Waals surface area (Å²) in [5.41, 5.74) is 4.10. The van der Waals surface area contributed by atoms with Crippen molar-refractivity contribution in [1.82, 2.24) is 0 Å². The second-order valence-electron chi connectivity index (χ2n) is 4.90. The van der Waals surface area contributed by atoms with Gasteiger partial charge in [-0.15, -0.1) is 0 Å². The first-order valence-corrected chi connectivity index (χ1v) is 9.30. The van der Waals surface area contributed by atoms with Gasteiger partial charge in [-0.3, -0.25) is 0 Å². The molecule has 0 fully saturated rings. The monoisotopic (exact) mass is 250 g/mol. The number of hydrogen-bond donors (Lipinski definition) is 0. The van der Waals surface area contributed by atoms with E-state index in [4.69, 9.17) is 4.43 Å². The van der Waals surface area contributed by atoms with Gasteiger partial charge >= 0.3 is 0 Å². The highest BCUT2D eigenvalue weighted by Gasteiger charge is 2.28. The highest BCUT2D eigenvalue weighted by Crippen LogP contribution is 2.24. The lowest BCUT2D eigenvalue weighted by molar-refractivity contribution is 0.286. The lowest BCUT2D eigenvalue weighted by atomic mass is 10.0. The van der Waals surface area contributed by atoms with Crippen molar-refractivity contribution in [2.45, 2.75) is 59.4 Å². The molecule has 1 nitrogen and oxygen atoms in total. The maximum absolute atomic E-state index is 6.36. The van der Waals surface area contributed by atoms with Gasteiger partial charge in [-0.2, -0.15) is 0 Å². The van der Waals surface area contributed by atoms with Crippen LogP contribution in [0.25, 0.3) is 0 Å². The Bertz CT molecular complexity index is 327. The van der Waals surface area contributed by atoms with Crippen molar-refractivity contribution in [3.8, 4) is 0 Å². The van der Waals surface area contributed by atoms with Crippen LogP contribution in [0.5, 0.6) is 0 Å². The number of rotatable bonds is 6. The van der Waals surface area contributed by atoms with E-state index in [1.54, 1.807) is 0 Å². The molecule has 0 spiro atoms. The fourth-order valence-electron chi connectivity index (χ4n) is 2.36. The van der Waals surface area contributed by atoms with Gasteiger partial charge < -0.3 is 4.43 Å². The quantitative estimate of drug-likeness (QED) is 0.657. The zero-order valence-electron chi connectivity index (χ0n) is 12.0. The van der Waals surface area contributed by atoms with Crippen LogP contribution in [0.2, 0.25) is 18.1 Å². The van der Waals surface area contributed by atoms with Crippen LogP contribution in [0.4, 0.5) is 0 Å². The molecule has 1 aromatic carbocycles. The van der Waals surface area contributed by atoms with Gasteiger partial charge in [0, 0.05) is 0 Å². The van der Waals surface area contributed by atoms with Crippen molar-refractivity contribution in [3.05, 3.63) is 34.9 Å². The molecule has 0 aliphatic heterocycles. The smallest absolute Gasteiger partial charge is 0.192 e. The van der Waals surface area contributed by atoms with Crippen LogP contribution in [0.15, 0.2) is 18.2 Å². The molecule has 0 amide bonds. The van der Waals surface area contributed by atoms with Gasteiger partial charge in [-0.05, 0) is 48.7 Å². The van der Waals surface area contributed by atoms with E-state index in [2.05, 4.69) is 52.8 Å². The van der Waals surface area contributed by atoms with Crippen molar-refractivity contribution >= 4 is 8.32 Å². The fraction of sp³-hybridized carbons (Fsp3) is 0.600. The molecule has 17 heavy (non-hydrogen) atoms. The van der Waals surface area contributed by atoms with Gasteiger partial charge in [0.15, 0.2) is 8.32 Å². The highest BCUT2D eigenvalue weighted by molar-refractivity contribution is 6.73. The molecule has 0 bridgehead atoms. The molecule has 1 aromatic rings. The molecule has 0 unspecified atom stereocenters. The first-order valence-electron chi connectivity index (χ1n) is 6.77. The Morgan fingerprint density at radius 2 is 1.41 bits per heavy atom. The third-order valence-corrected chi connectivity index (χ3v) is 8.72. The molecule has 0 N–H and O–H groups in total. The molecule has 96 valence electrons. The fourth-order valence-corrected chi connectivity index (χ4v) is 4.92. The molecule has 0 heterocycles. The van der Waals surface area contributed by atoms with Gasteiger partial charge in [0.05, 0.1) is 6.61 Å². The molecule has 0 aromatic heterocycles. The third-order valence-electron chi connectivity index (χ3n) is 4.10. The Labute approximate surface area is 107 Å². The molecular formula is C15H26OSi. The molecule has 2 heteroatoms. The van der Waals surface area contributed by atoms with Gasteiger partial charge in [0.2, 0.25) is 0 Å².